The molecule has 0 atom stereocenters. The van der Waals surface area contributed by atoms with Gasteiger partial charge in [-0.2, -0.15) is 4.98 Å². The molecule has 0 fully saturated rings. The highest BCUT2D eigenvalue weighted by Gasteiger charge is 2.09. The third-order valence-electron chi connectivity index (χ3n) is 1.80. The maximum atomic E-state index is 5.85. The van der Waals surface area contributed by atoms with Gasteiger partial charge in [0.2, 0.25) is 5.82 Å². The maximum absolute atomic E-state index is 5.85. The molecule has 84 valence electrons. The van der Waals surface area contributed by atoms with Crippen LogP contribution in [0.15, 0.2) is 22.7 Å². The standard InChI is InChI=1S/C9H7Cl2N3O2/c10-6-1-5(2-7(11)3-6)9-13-8(4-15-12)16-14-9/h1-3H,4,12H2. The molecule has 0 amide bonds. The van der Waals surface area contributed by atoms with Crippen LogP contribution in [0.1, 0.15) is 5.89 Å². The highest BCUT2D eigenvalue weighted by molar-refractivity contribution is 6.35. The van der Waals surface area contributed by atoms with Gasteiger partial charge in [0.25, 0.3) is 5.89 Å². The lowest BCUT2D eigenvalue weighted by molar-refractivity contribution is 0.0996. The van der Waals surface area contributed by atoms with E-state index in [-0.39, 0.29) is 12.5 Å². The molecule has 1 heterocycles. The molecule has 2 aromatic rings. The molecule has 0 unspecified atom stereocenters. The fraction of sp³-hybridized carbons (Fsp3) is 0.111. The number of hydrogen-bond donors (Lipinski definition) is 1. The summed E-state index contributed by atoms with van der Waals surface area (Å²) in [6, 6.07) is 4.99. The highest BCUT2D eigenvalue weighted by atomic mass is 35.5. The van der Waals surface area contributed by atoms with Crippen LogP contribution >= 0.6 is 23.2 Å². The van der Waals surface area contributed by atoms with E-state index in [1.165, 1.54) is 0 Å². The summed E-state index contributed by atoms with van der Waals surface area (Å²) in [4.78, 5) is 8.43. The number of rotatable bonds is 3. The summed E-state index contributed by atoms with van der Waals surface area (Å²) >= 11 is 11.7. The smallest absolute Gasteiger partial charge is 0.255 e. The molecular formula is C9H7Cl2N3O2. The fourth-order valence-corrected chi connectivity index (χ4v) is 1.71. The minimum atomic E-state index is 0.0568. The third kappa shape index (κ3) is 2.51. The Kier molecular flexibility index (Phi) is 3.40. The largest absolute Gasteiger partial charge is 0.336 e. The Balaban J connectivity index is 2.34. The average Bonchev–Trinajstić information content (AvgIpc) is 2.65. The van der Waals surface area contributed by atoms with Gasteiger partial charge in [-0.3, -0.25) is 4.84 Å². The monoisotopic (exact) mass is 259 g/mol. The predicted molar refractivity (Wildman–Crippen MR) is 58.7 cm³/mol. The van der Waals surface area contributed by atoms with Gasteiger partial charge in [-0.05, 0) is 18.2 Å². The molecule has 1 aromatic heterocycles. The number of hydrogen-bond acceptors (Lipinski definition) is 5. The highest BCUT2D eigenvalue weighted by Crippen LogP contribution is 2.25. The van der Waals surface area contributed by atoms with Crippen LogP contribution in [0.2, 0.25) is 10.0 Å². The summed E-state index contributed by atoms with van der Waals surface area (Å²) in [5, 5.41) is 4.76. The van der Waals surface area contributed by atoms with Crippen molar-refractivity contribution in [3.63, 3.8) is 0 Å². The third-order valence-corrected chi connectivity index (χ3v) is 2.23. The topological polar surface area (TPSA) is 74.2 Å². The zero-order chi connectivity index (χ0) is 11.5. The molecule has 5 nitrogen and oxygen atoms in total. The Bertz CT molecular complexity index is 481. The Morgan fingerprint density at radius 2 is 1.94 bits per heavy atom. The van der Waals surface area contributed by atoms with Crippen molar-refractivity contribution in [3.05, 3.63) is 34.1 Å². The summed E-state index contributed by atoms with van der Waals surface area (Å²) in [6.07, 6.45) is 0. The molecule has 2 N–H and O–H groups in total. The van der Waals surface area contributed by atoms with E-state index in [1.54, 1.807) is 18.2 Å². The molecule has 2 rings (SSSR count). The normalized spacial score (nSPS) is 10.7. The van der Waals surface area contributed by atoms with Gasteiger partial charge in [-0.15, -0.1) is 0 Å². The Hall–Kier alpha value is -1.14. The minimum Gasteiger partial charge on any atom is -0.336 e. The maximum Gasteiger partial charge on any atom is 0.255 e. The summed E-state index contributed by atoms with van der Waals surface area (Å²) in [5.41, 5.74) is 0.671. The van der Waals surface area contributed by atoms with Crippen LogP contribution < -0.4 is 5.90 Å². The molecule has 0 aliphatic carbocycles. The van der Waals surface area contributed by atoms with Gasteiger partial charge in [0.1, 0.15) is 6.61 Å². The first kappa shape index (κ1) is 11.3. The number of nitrogens with two attached hydrogens (primary N) is 1. The van der Waals surface area contributed by atoms with Crippen LogP contribution in [0.25, 0.3) is 11.4 Å². The lowest BCUT2D eigenvalue weighted by atomic mass is 10.2. The van der Waals surface area contributed by atoms with E-state index in [9.17, 15) is 0 Å². The molecule has 7 heteroatoms. The number of nitrogens with zero attached hydrogens (tertiary/aromatic N) is 2. The zero-order valence-corrected chi connectivity index (χ0v) is 9.50. The molecule has 0 saturated heterocycles. The number of benzene rings is 1. The second-order valence-corrected chi connectivity index (χ2v) is 3.85. The lowest BCUT2D eigenvalue weighted by Crippen LogP contribution is -1.98. The van der Waals surface area contributed by atoms with Gasteiger partial charge in [0.15, 0.2) is 0 Å². The van der Waals surface area contributed by atoms with Gasteiger partial charge in [0, 0.05) is 15.6 Å². The van der Waals surface area contributed by atoms with Crippen molar-refractivity contribution < 1.29 is 9.36 Å². The Morgan fingerprint density at radius 3 is 2.56 bits per heavy atom. The molecule has 1 aromatic carbocycles. The SMILES string of the molecule is NOCc1nc(-c2cc(Cl)cc(Cl)c2)no1. The molecule has 0 radical (unpaired) electrons. The minimum absolute atomic E-state index is 0.0568. The number of aromatic nitrogens is 2. The van der Waals surface area contributed by atoms with E-state index in [2.05, 4.69) is 15.0 Å². The van der Waals surface area contributed by atoms with Crippen LogP contribution in [-0.4, -0.2) is 10.1 Å². The van der Waals surface area contributed by atoms with Gasteiger partial charge < -0.3 is 4.52 Å². The first-order valence-corrected chi connectivity index (χ1v) is 5.05. The lowest BCUT2D eigenvalue weighted by Gasteiger charge is -1.96. The second kappa shape index (κ2) is 4.80. The molecule has 16 heavy (non-hydrogen) atoms. The van der Waals surface area contributed by atoms with Crippen molar-refractivity contribution in [2.45, 2.75) is 6.61 Å². The van der Waals surface area contributed by atoms with Crippen molar-refractivity contribution in [1.29, 1.82) is 0 Å². The molecule has 0 bridgehead atoms. The van der Waals surface area contributed by atoms with Crippen LogP contribution in [0.4, 0.5) is 0 Å². The molecular weight excluding hydrogens is 253 g/mol. The first-order valence-electron chi connectivity index (χ1n) is 4.30. The van der Waals surface area contributed by atoms with Gasteiger partial charge in [-0.25, -0.2) is 5.90 Å². The quantitative estimate of drug-likeness (QED) is 0.858. The summed E-state index contributed by atoms with van der Waals surface area (Å²) < 4.78 is 4.89. The van der Waals surface area contributed by atoms with Gasteiger partial charge >= 0.3 is 0 Å². The van der Waals surface area contributed by atoms with Crippen LogP contribution in [-0.2, 0) is 11.4 Å². The van der Waals surface area contributed by atoms with E-state index >= 15 is 0 Å². The zero-order valence-electron chi connectivity index (χ0n) is 7.98. The average molecular weight is 260 g/mol. The van der Waals surface area contributed by atoms with Crippen molar-refractivity contribution in [1.82, 2.24) is 10.1 Å². The second-order valence-electron chi connectivity index (χ2n) is 2.98. The van der Waals surface area contributed by atoms with Crippen molar-refractivity contribution in [2.75, 3.05) is 0 Å². The van der Waals surface area contributed by atoms with Crippen molar-refractivity contribution in [2.24, 2.45) is 5.90 Å². The molecule has 0 spiro atoms. The molecule has 0 aliphatic rings. The number of halogens is 2. The van der Waals surface area contributed by atoms with Crippen LogP contribution in [0.3, 0.4) is 0 Å². The van der Waals surface area contributed by atoms with E-state index in [4.69, 9.17) is 33.6 Å². The van der Waals surface area contributed by atoms with Gasteiger partial charge in [-0.1, -0.05) is 28.4 Å². The van der Waals surface area contributed by atoms with E-state index in [1.807, 2.05) is 0 Å². The van der Waals surface area contributed by atoms with Gasteiger partial charge in [0.05, 0.1) is 0 Å². The summed E-state index contributed by atoms with van der Waals surface area (Å²) in [7, 11) is 0. The molecule has 0 saturated carbocycles. The van der Waals surface area contributed by atoms with E-state index in [0.717, 1.165) is 0 Å². The van der Waals surface area contributed by atoms with Crippen LogP contribution in [0, 0.1) is 0 Å². The van der Waals surface area contributed by atoms with Crippen LogP contribution in [0.5, 0.6) is 0 Å². The predicted octanol–water partition coefficient (Wildman–Crippen LogP) is 2.43. The Morgan fingerprint density at radius 1 is 1.25 bits per heavy atom. The van der Waals surface area contributed by atoms with E-state index in [0.29, 0.717) is 21.4 Å². The summed E-state index contributed by atoms with van der Waals surface area (Å²) in [6.45, 7) is 0.0568. The van der Waals surface area contributed by atoms with E-state index < -0.39 is 0 Å². The Labute approximate surface area is 101 Å². The van der Waals surface area contributed by atoms with Crippen molar-refractivity contribution in [3.8, 4) is 11.4 Å². The first-order chi connectivity index (χ1) is 7.69. The fourth-order valence-electron chi connectivity index (χ4n) is 1.18. The molecule has 0 aliphatic heterocycles. The summed E-state index contributed by atoms with van der Waals surface area (Å²) in [5.74, 6) is 5.56. The van der Waals surface area contributed by atoms with Crippen molar-refractivity contribution >= 4 is 23.2 Å².